The van der Waals surface area contributed by atoms with Gasteiger partial charge >= 0.3 is 5.69 Å². The zero-order valence-corrected chi connectivity index (χ0v) is 16.6. The largest absolute Gasteiger partial charge is 0.389 e. The van der Waals surface area contributed by atoms with E-state index in [2.05, 4.69) is 37.9 Å². The molecule has 1 atom stereocenters. The van der Waals surface area contributed by atoms with Gasteiger partial charge in [-0.15, -0.1) is 0 Å². The van der Waals surface area contributed by atoms with E-state index in [0.29, 0.717) is 13.1 Å². The predicted molar refractivity (Wildman–Crippen MR) is 112 cm³/mol. The molecule has 2 aromatic heterocycles. The van der Waals surface area contributed by atoms with Gasteiger partial charge in [0.2, 0.25) is 0 Å². The molecular weight excluding hydrogens is 352 g/mol. The molecule has 0 saturated heterocycles. The molecule has 0 aliphatic carbocycles. The number of aryl methyl sites for hydroxylation is 3. The van der Waals surface area contributed by atoms with Crippen LogP contribution in [0.2, 0.25) is 0 Å². The quantitative estimate of drug-likeness (QED) is 0.560. The summed E-state index contributed by atoms with van der Waals surface area (Å²) in [5, 5.41) is 10.8. The van der Waals surface area contributed by atoms with E-state index in [1.807, 2.05) is 28.8 Å². The molecule has 146 valence electrons. The van der Waals surface area contributed by atoms with E-state index >= 15 is 0 Å². The van der Waals surface area contributed by atoms with Crippen molar-refractivity contribution in [3.05, 3.63) is 64.3 Å². The number of imidazole rings is 2. The van der Waals surface area contributed by atoms with Gasteiger partial charge in [-0.1, -0.05) is 19.1 Å². The number of para-hydroxylation sites is 2. The Morgan fingerprint density at radius 1 is 1.00 bits per heavy atom. The SMILES string of the molecule is CCCn1c(=O)n(C[C@H](O)Cn2cnc3cc(C)c(C)cc32)c2ccccc21. The maximum Gasteiger partial charge on any atom is 0.329 e. The van der Waals surface area contributed by atoms with E-state index in [1.54, 1.807) is 15.5 Å². The summed E-state index contributed by atoms with van der Waals surface area (Å²) in [6.07, 6.45) is 1.95. The molecule has 1 N–H and O–H groups in total. The average Bonchev–Trinajstić information content (AvgIpc) is 3.16. The van der Waals surface area contributed by atoms with Crippen molar-refractivity contribution in [3.8, 4) is 0 Å². The molecule has 0 saturated carbocycles. The van der Waals surface area contributed by atoms with Crippen LogP contribution >= 0.6 is 0 Å². The zero-order chi connectivity index (χ0) is 19.8. The van der Waals surface area contributed by atoms with Crippen LogP contribution in [-0.4, -0.2) is 29.9 Å². The molecule has 2 aromatic carbocycles. The van der Waals surface area contributed by atoms with Crippen molar-refractivity contribution in [2.45, 2.75) is 52.9 Å². The van der Waals surface area contributed by atoms with Gasteiger partial charge in [-0.25, -0.2) is 9.78 Å². The van der Waals surface area contributed by atoms with Gasteiger partial charge in [0.05, 0.1) is 47.6 Å². The van der Waals surface area contributed by atoms with Crippen molar-refractivity contribution in [2.75, 3.05) is 0 Å². The van der Waals surface area contributed by atoms with Crippen molar-refractivity contribution < 1.29 is 5.11 Å². The van der Waals surface area contributed by atoms with Crippen molar-refractivity contribution in [1.29, 1.82) is 0 Å². The molecule has 0 aliphatic heterocycles. The Labute approximate surface area is 163 Å². The minimum Gasteiger partial charge on any atom is -0.389 e. The fraction of sp³-hybridized carbons (Fsp3) is 0.364. The van der Waals surface area contributed by atoms with Crippen LogP contribution in [-0.2, 0) is 19.6 Å². The van der Waals surface area contributed by atoms with Crippen molar-refractivity contribution in [1.82, 2.24) is 18.7 Å². The Bertz CT molecular complexity index is 1200. The van der Waals surface area contributed by atoms with E-state index in [0.717, 1.165) is 28.5 Å². The van der Waals surface area contributed by atoms with Gasteiger partial charge in [0, 0.05) is 6.54 Å². The lowest BCUT2D eigenvalue weighted by Gasteiger charge is -2.13. The molecule has 2 heterocycles. The topological polar surface area (TPSA) is 65.0 Å². The molecule has 0 fully saturated rings. The van der Waals surface area contributed by atoms with E-state index in [1.165, 1.54) is 11.1 Å². The molecule has 0 radical (unpaired) electrons. The van der Waals surface area contributed by atoms with Gasteiger partial charge in [0.15, 0.2) is 0 Å². The molecule has 0 aliphatic rings. The monoisotopic (exact) mass is 378 g/mol. The summed E-state index contributed by atoms with van der Waals surface area (Å²) >= 11 is 0. The Morgan fingerprint density at radius 2 is 1.68 bits per heavy atom. The molecule has 0 unspecified atom stereocenters. The maximum atomic E-state index is 12.9. The van der Waals surface area contributed by atoms with Crippen molar-refractivity contribution in [3.63, 3.8) is 0 Å². The van der Waals surface area contributed by atoms with E-state index in [-0.39, 0.29) is 12.2 Å². The highest BCUT2D eigenvalue weighted by Crippen LogP contribution is 2.19. The Morgan fingerprint density at radius 3 is 2.39 bits per heavy atom. The second-order valence-corrected chi connectivity index (χ2v) is 7.51. The van der Waals surface area contributed by atoms with Gasteiger partial charge < -0.3 is 9.67 Å². The number of aliphatic hydroxyl groups excluding tert-OH is 1. The summed E-state index contributed by atoms with van der Waals surface area (Å²) in [4.78, 5) is 17.4. The number of hydrogen-bond donors (Lipinski definition) is 1. The minimum atomic E-state index is -0.697. The van der Waals surface area contributed by atoms with Gasteiger partial charge in [-0.3, -0.25) is 9.13 Å². The highest BCUT2D eigenvalue weighted by atomic mass is 16.3. The first-order chi connectivity index (χ1) is 13.5. The van der Waals surface area contributed by atoms with Crippen LogP contribution in [0.25, 0.3) is 22.1 Å². The van der Waals surface area contributed by atoms with Crippen LogP contribution in [0.5, 0.6) is 0 Å². The zero-order valence-electron chi connectivity index (χ0n) is 16.6. The van der Waals surface area contributed by atoms with E-state index < -0.39 is 6.10 Å². The normalized spacial score (nSPS) is 12.9. The summed E-state index contributed by atoms with van der Waals surface area (Å²) in [6.45, 7) is 7.51. The minimum absolute atomic E-state index is 0.0657. The molecule has 4 aromatic rings. The van der Waals surface area contributed by atoms with Gasteiger partial charge in [-0.05, 0) is 55.7 Å². The Kier molecular flexibility index (Phi) is 4.81. The fourth-order valence-corrected chi connectivity index (χ4v) is 3.84. The van der Waals surface area contributed by atoms with Crippen LogP contribution in [0.1, 0.15) is 24.5 Å². The number of rotatable bonds is 6. The third kappa shape index (κ3) is 3.14. The number of fused-ring (bicyclic) bond motifs is 2. The van der Waals surface area contributed by atoms with Gasteiger partial charge in [0.1, 0.15) is 0 Å². The second kappa shape index (κ2) is 7.28. The van der Waals surface area contributed by atoms with E-state index in [4.69, 9.17) is 0 Å². The molecule has 0 spiro atoms. The summed E-state index contributed by atoms with van der Waals surface area (Å²) in [7, 11) is 0. The number of nitrogens with zero attached hydrogens (tertiary/aromatic N) is 4. The number of aliphatic hydroxyl groups is 1. The highest BCUT2D eigenvalue weighted by molar-refractivity contribution is 5.77. The predicted octanol–water partition coefficient (Wildman–Crippen LogP) is 3.24. The second-order valence-electron chi connectivity index (χ2n) is 7.51. The smallest absolute Gasteiger partial charge is 0.329 e. The van der Waals surface area contributed by atoms with Gasteiger partial charge in [0.25, 0.3) is 0 Å². The maximum absolute atomic E-state index is 12.9. The summed E-state index contributed by atoms with van der Waals surface area (Å²) in [5.41, 5.74) is 6.04. The Balaban J connectivity index is 1.65. The lowest BCUT2D eigenvalue weighted by Crippen LogP contribution is -2.30. The number of hydrogen-bond acceptors (Lipinski definition) is 3. The summed E-state index contributed by atoms with van der Waals surface area (Å²) < 4.78 is 5.44. The number of benzene rings is 2. The molecule has 6 nitrogen and oxygen atoms in total. The first-order valence-electron chi connectivity index (χ1n) is 9.77. The molecule has 28 heavy (non-hydrogen) atoms. The number of aromatic nitrogens is 4. The van der Waals surface area contributed by atoms with Gasteiger partial charge in [-0.2, -0.15) is 0 Å². The standard InChI is InChI=1S/C22H26N4O2/c1-4-9-25-19-7-5-6-8-20(19)26(22(25)28)13-17(27)12-24-14-23-18-10-15(2)16(3)11-21(18)24/h5-8,10-11,14,17,27H,4,9,12-13H2,1-3H3/t17-/m1/s1. The first kappa shape index (κ1) is 18.5. The highest BCUT2D eigenvalue weighted by Gasteiger charge is 2.16. The van der Waals surface area contributed by atoms with Crippen molar-refractivity contribution >= 4 is 22.1 Å². The lowest BCUT2D eigenvalue weighted by atomic mass is 10.1. The van der Waals surface area contributed by atoms with Crippen LogP contribution < -0.4 is 5.69 Å². The molecule has 0 amide bonds. The third-order valence-electron chi connectivity index (χ3n) is 5.41. The Hall–Kier alpha value is -2.86. The molecule has 6 heteroatoms. The fourth-order valence-electron chi connectivity index (χ4n) is 3.84. The molecule has 4 rings (SSSR count). The molecule has 0 bridgehead atoms. The average molecular weight is 378 g/mol. The van der Waals surface area contributed by atoms with Crippen LogP contribution in [0, 0.1) is 13.8 Å². The summed E-state index contributed by atoms with van der Waals surface area (Å²) in [6, 6.07) is 11.9. The van der Waals surface area contributed by atoms with E-state index in [9.17, 15) is 9.90 Å². The third-order valence-corrected chi connectivity index (χ3v) is 5.41. The molecular formula is C22H26N4O2. The van der Waals surface area contributed by atoms with Crippen molar-refractivity contribution in [2.24, 2.45) is 0 Å². The van der Waals surface area contributed by atoms with Crippen LogP contribution in [0.4, 0.5) is 0 Å². The summed E-state index contributed by atoms with van der Waals surface area (Å²) in [5.74, 6) is 0. The first-order valence-corrected chi connectivity index (χ1v) is 9.77. The van der Waals surface area contributed by atoms with Crippen LogP contribution in [0.3, 0.4) is 0 Å². The lowest BCUT2D eigenvalue weighted by molar-refractivity contribution is 0.135. The van der Waals surface area contributed by atoms with Crippen LogP contribution in [0.15, 0.2) is 47.5 Å².